The third kappa shape index (κ3) is 2.53. The number of anilines is 1. The fraction of sp³-hybridized carbons (Fsp3) is 0.429. The number of aliphatic carboxylic acids is 1. The Kier molecular flexibility index (Phi) is 3.70. The van der Waals surface area contributed by atoms with Gasteiger partial charge in [0.15, 0.2) is 0 Å². The van der Waals surface area contributed by atoms with Crippen molar-refractivity contribution in [2.75, 3.05) is 11.4 Å². The van der Waals surface area contributed by atoms with Crippen LogP contribution < -0.4 is 4.90 Å². The summed E-state index contributed by atoms with van der Waals surface area (Å²) in [4.78, 5) is 13.1. The lowest BCUT2D eigenvalue weighted by molar-refractivity contribution is -0.140. The summed E-state index contributed by atoms with van der Waals surface area (Å²) in [5, 5.41) is 18.4. The minimum Gasteiger partial charge on any atom is -0.480 e. The van der Waals surface area contributed by atoms with E-state index in [2.05, 4.69) is 0 Å². The van der Waals surface area contributed by atoms with Crippen LogP contribution in [0.15, 0.2) is 18.2 Å². The van der Waals surface area contributed by atoms with Crippen molar-refractivity contribution in [2.45, 2.75) is 25.8 Å². The van der Waals surface area contributed by atoms with Crippen LogP contribution in [0.5, 0.6) is 0 Å². The second-order valence-corrected chi connectivity index (χ2v) is 4.87. The summed E-state index contributed by atoms with van der Waals surface area (Å²) in [5.41, 5.74) is 0.684. The molecule has 0 saturated carbocycles. The number of piperidine rings is 1. The van der Waals surface area contributed by atoms with Crippen molar-refractivity contribution in [1.29, 1.82) is 5.26 Å². The Morgan fingerprint density at radius 3 is 2.95 bits per heavy atom. The largest absolute Gasteiger partial charge is 0.480 e. The SMILES string of the molecule is CC1CCCN(c2ccc(F)cc2C#N)C1C(=O)O. The van der Waals surface area contributed by atoms with Gasteiger partial charge in [0.05, 0.1) is 11.3 Å². The molecule has 0 spiro atoms. The quantitative estimate of drug-likeness (QED) is 0.888. The number of benzene rings is 1. The van der Waals surface area contributed by atoms with Gasteiger partial charge >= 0.3 is 5.97 Å². The molecule has 2 atom stereocenters. The van der Waals surface area contributed by atoms with Crippen LogP contribution in [0.25, 0.3) is 0 Å². The molecule has 1 aromatic rings. The van der Waals surface area contributed by atoms with Crippen molar-refractivity contribution in [3.8, 4) is 6.07 Å². The molecule has 2 rings (SSSR count). The molecule has 4 nitrogen and oxygen atoms in total. The van der Waals surface area contributed by atoms with Crippen molar-refractivity contribution < 1.29 is 14.3 Å². The van der Waals surface area contributed by atoms with Gasteiger partial charge in [-0.1, -0.05) is 6.92 Å². The Balaban J connectivity index is 2.44. The predicted octanol–water partition coefficient (Wildman–Crippen LogP) is 2.39. The number of nitrogens with zero attached hydrogens (tertiary/aromatic N) is 2. The summed E-state index contributed by atoms with van der Waals surface area (Å²) in [6.07, 6.45) is 1.71. The Morgan fingerprint density at radius 2 is 2.32 bits per heavy atom. The molecule has 2 unspecified atom stereocenters. The average molecular weight is 262 g/mol. The highest BCUT2D eigenvalue weighted by Crippen LogP contribution is 2.31. The van der Waals surface area contributed by atoms with Gasteiger partial charge in [0, 0.05) is 6.54 Å². The fourth-order valence-electron chi connectivity index (χ4n) is 2.68. The lowest BCUT2D eigenvalue weighted by atomic mass is 9.90. The van der Waals surface area contributed by atoms with Gasteiger partial charge in [-0.25, -0.2) is 9.18 Å². The number of hydrogen-bond acceptors (Lipinski definition) is 3. The van der Waals surface area contributed by atoms with Gasteiger partial charge in [-0.2, -0.15) is 5.26 Å². The molecule has 1 aromatic carbocycles. The van der Waals surface area contributed by atoms with Crippen LogP contribution in [0.1, 0.15) is 25.3 Å². The Bertz CT molecular complexity index is 539. The minimum atomic E-state index is -0.902. The minimum absolute atomic E-state index is 0.00264. The normalized spacial score (nSPS) is 22.9. The van der Waals surface area contributed by atoms with Crippen LogP contribution in [-0.4, -0.2) is 23.7 Å². The summed E-state index contributed by atoms with van der Waals surface area (Å²) < 4.78 is 13.1. The van der Waals surface area contributed by atoms with Crippen LogP contribution in [0.4, 0.5) is 10.1 Å². The van der Waals surface area contributed by atoms with Crippen molar-refractivity contribution in [3.05, 3.63) is 29.6 Å². The number of rotatable bonds is 2. The lowest BCUT2D eigenvalue weighted by Gasteiger charge is -2.39. The van der Waals surface area contributed by atoms with Gasteiger partial charge in [0.2, 0.25) is 0 Å². The molecule has 0 amide bonds. The maximum atomic E-state index is 13.1. The first-order valence-corrected chi connectivity index (χ1v) is 6.23. The van der Waals surface area contributed by atoms with Crippen LogP contribution in [0.2, 0.25) is 0 Å². The second-order valence-electron chi connectivity index (χ2n) is 4.87. The highest BCUT2D eigenvalue weighted by atomic mass is 19.1. The van der Waals surface area contributed by atoms with Gasteiger partial charge in [-0.3, -0.25) is 0 Å². The smallest absolute Gasteiger partial charge is 0.326 e. The molecular formula is C14H15FN2O2. The first-order valence-electron chi connectivity index (χ1n) is 6.23. The second kappa shape index (κ2) is 5.27. The zero-order valence-electron chi connectivity index (χ0n) is 10.6. The molecule has 5 heteroatoms. The maximum Gasteiger partial charge on any atom is 0.326 e. The van der Waals surface area contributed by atoms with Crippen LogP contribution in [-0.2, 0) is 4.79 Å². The summed E-state index contributed by atoms with van der Waals surface area (Å²) >= 11 is 0. The van der Waals surface area contributed by atoms with Gasteiger partial charge < -0.3 is 10.0 Å². The number of carbonyl (C=O) groups is 1. The Labute approximate surface area is 111 Å². The standard InChI is InChI=1S/C14H15FN2O2/c1-9-3-2-6-17(13(9)14(18)19)12-5-4-11(15)7-10(12)8-16/h4-5,7,9,13H,2-3,6H2,1H3,(H,18,19). The third-order valence-corrected chi connectivity index (χ3v) is 3.57. The zero-order valence-corrected chi connectivity index (χ0v) is 10.6. The molecule has 1 aliphatic rings. The van der Waals surface area contributed by atoms with E-state index in [0.717, 1.165) is 18.9 Å². The molecule has 1 saturated heterocycles. The number of halogens is 1. The average Bonchev–Trinajstić information content (AvgIpc) is 2.37. The molecule has 1 fully saturated rings. The topological polar surface area (TPSA) is 64.3 Å². The zero-order chi connectivity index (χ0) is 14.0. The molecular weight excluding hydrogens is 247 g/mol. The molecule has 0 radical (unpaired) electrons. The maximum absolute atomic E-state index is 13.1. The van der Waals surface area contributed by atoms with Crippen molar-refractivity contribution in [1.82, 2.24) is 0 Å². The summed E-state index contributed by atoms with van der Waals surface area (Å²) in [5.74, 6) is -1.39. The summed E-state index contributed by atoms with van der Waals surface area (Å²) in [6, 6.07) is 5.17. The van der Waals surface area contributed by atoms with E-state index in [-0.39, 0.29) is 11.5 Å². The first-order chi connectivity index (χ1) is 9.04. The van der Waals surface area contributed by atoms with Gasteiger partial charge in [0.25, 0.3) is 0 Å². The number of hydrogen-bond donors (Lipinski definition) is 1. The first kappa shape index (κ1) is 13.3. The molecule has 1 heterocycles. The van der Waals surface area contributed by atoms with Gasteiger partial charge in [-0.15, -0.1) is 0 Å². The number of nitriles is 1. The van der Waals surface area contributed by atoms with Crippen molar-refractivity contribution >= 4 is 11.7 Å². The van der Waals surface area contributed by atoms with E-state index in [1.54, 1.807) is 4.90 Å². The van der Waals surface area contributed by atoms with Crippen LogP contribution >= 0.6 is 0 Å². The van der Waals surface area contributed by atoms with E-state index in [0.29, 0.717) is 12.2 Å². The Hall–Kier alpha value is -2.09. The van der Waals surface area contributed by atoms with E-state index < -0.39 is 17.8 Å². The van der Waals surface area contributed by atoms with Crippen LogP contribution in [0.3, 0.4) is 0 Å². The van der Waals surface area contributed by atoms with E-state index >= 15 is 0 Å². The third-order valence-electron chi connectivity index (χ3n) is 3.57. The molecule has 100 valence electrons. The monoisotopic (exact) mass is 262 g/mol. The van der Waals surface area contributed by atoms with Crippen LogP contribution in [0, 0.1) is 23.1 Å². The molecule has 1 aliphatic heterocycles. The number of carboxylic acid groups (broad SMARTS) is 1. The van der Waals surface area contributed by atoms with Gasteiger partial charge in [-0.05, 0) is 37.0 Å². The highest BCUT2D eigenvalue weighted by Gasteiger charge is 2.35. The lowest BCUT2D eigenvalue weighted by Crippen LogP contribution is -2.49. The molecule has 0 bridgehead atoms. The van der Waals surface area contributed by atoms with Crippen molar-refractivity contribution in [3.63, 3.8) is 0 Å². The fourth-order valence-corrected chi connectivity index (χ4v) is 2.68. The van der Waals surface area contributed by atoms with Crippen molar-refractivity contribution in [2.24, 2.45) is 5.92 Å². The summed E-state index contributed by atoms with van der Waals surface area (Å²) in [7, 11) is 0. The van der Waals surface area contributed by atoms with E-state index in [4.69, 9.17) is 5.26 Å². The van der Waals surface area contributed by atoms with E-state index in [1.807, 2.05) is 13.0 Å². The van der Waals surface area contributed by atoms with E-state index in [1.165, 1.54) is 12.1 Å². The molecule has 0 aliphatic carbocycles. The summed E-state index contributed by atoms with van der Waals surface area (Å²) in [6.45, 7) is 2.46. The number of carboxylic acids is 1. The predicted molar refractivity (Wildman–Crippen MR) is 68.3 cm³/mol. The molecule has 19 heavy (non-hydrogen) atoms. The van der Waals surface area contributed by atoms with E-state index in [9.17, 15) is 14.3 Å². The van der Waals surface area contributed by atoms with Gasteiger partial charge in [0.1, 0.15) is 17.9 Å². The molecule has 0 aromatic heterocycles. The highest BCUT2D eigenvalue weighted by molar-refractivity contribution is 5.80. The molecule has 1 N–H and O–H groups in total. The Morgan fingerprint density at radius 1 is 1.58 bits per heavy atom.